The molecule has 0 radical (unpaired) electrons. The molecule has 0 aromatic heterocycles. The largest absolute Gasteiger partial charge is 0.468 e. The summed E-state index contributed by atoms with van der Waals surface area (Å²) in [6.07, 6.45) is 2.53. The quantitative estimate of drug-likeness (QED) is 0.602. The normalized spacial score (nSPS) is 18.3. The standard InChI is InChI=1S/C9H17NO3/c1-10-8(9(11)12-2)6-13-5-7-3-4-7/h7-8,10H,3-6H2,1-2H3. The summed E-state index contributed by atoms with van der Waals surface area (Å²) in [6.45, 7) is 1.18. The molecular weight excluding hydrogens is 170 g/mol. The van der Waals surface area contributed by atoms with Gasteiger partial charge in [0.1, 0.15) is 6.04 Å². The van der Waals surface area contributed by atoms with Gasteiger partial charge in [0, 0.05) is 6.61 Å². The predicted octanol–water partition coefficient (Wildman–Crippen LogP) is 0.174. The summed E-state index contributed by atoms with van der Waals surface area (Å²) in [4.78, 5) is 11.1. The first-order valence-corrected chi connectivity index (χ1v) is 4.60. The Balaban J connectivity index is 2.10. The third-order valence-corrected chi connectivity index (χ3v) is 2.17. The topological polar surface area (TPSA) is 47.6 Å². The monoisotopic (exact) mass is 187 g/mol. The van der Waals surface area contributed by atoms with Gasteiger partial charge in [-0.05, 0) is 25.8 Å². The zero-order chi connectivity index (χ0) is 9.68. The van der Waals surface area contributed by atoms with Crippen LogP contribution in [-0.2, 0) is 14.3 Å². The number of rotatable bonds is 6. The molecule has 0 aromatic carbocycles. The Morgan fingerprint density at radius 1 is 1.62 bits per heavy atom. The summed E-state index contributed by atoms with van der Waals surface area (Å²) in [5.74, 6) is 0.466. The molecule has 1 aliphatic rings. The number of nitrogens with one attached hydrogen (secondary N) is 1. The minimum atomic E-state index is -0.330. The number of esters is 1. The smallest absolute Gasteiger partial charge is 0.325 e. The summed E-state index contributed by atoms with van der Waals surface area (Å²) >= 11 is 0. The van der Waals surface area contributed by atoms with Crippen LogP contribution in [0.1, 0.15) is 12.8 Å². The van der Waals surface area contributed by atoms with E-state index < -0.39 is 0 Å². The van der Waals surface area contributed by atoms with Crippen LogP contribution in [0.4, 0.5) is 0 Å². The van der Waals surface area contributed by atoms with E-state index in [0.29, 0.717) is 6.61 Å². The van der Waals surface area contributed by atoms with Gasteiger partial charge >= 0.3 is 5.97 Å². The van der Waals surface area contributed by atoms with E-state index in [9.17, 15) is 4.79 Å². The highest BCUT2D eigenvalue weighted by Crippen LogP contribution is 2.28. The third kappa shape index (κ3) is 3.74. The molecule has 13 heavy (non-hydrogen) atoms. The fourth-order valence-corrected chi connectivity index (χ4v) is 1.05. The third-order valence-electron chi connectivity index (χ3n) is 2.17. The lowest BCUT2D eigenvalue weighted by Gasteiger charge is -2.13. The van der Waals surface area contributed by atoms with Crippen LogP contribution in [0, 0.1) is 5.92 Å². The van der Waals surface area contributed by atoms with Crippen LogP contribution < -0.4 is 5.32 Å². The molecule has 1 fully saturated rings. The molecule has 1 N–H and O–H groups in total. The van der Waals surface area contributed by atoms with Gasteiger partial charge in [0.25, 0.3) is 0 Å². The molecule has 0 bridgehead atoms. The van der Waals surface area contributed by atoms with Crippen molar-refractivity contribution < 1.29 is 14.3 Å². The Bertz CT molecular complexity index is 168. The van der Waals surface area contributed by atoms with Crippen LogP contribution in [0.2, 0.25) is 0 Å². The molecule has 0 spiro atoms. The van der Waals surface area contributed by atoms with Crippen LogP contribution in [0.5, 0.6) is 0 Å². The van der Waals surface area contributed by atoms with Crippen molar-refractivity contribution in [2.75, 3.05) is 27.4 Å². The van der Waals surface area contributed by atoms with Crippen molar-refractivity contribution in [3.63, 3.8) is 0 Å². The van der Waals surface area contributed by atoms with E-state index >= 15 is 0 Å². The molecule has 1 aliphatic carbocycles. The summed E-state index contributed by atoms with van der Waals surface area (Å²) in [5.41, 5.74) is 0. The average molecular weight is 187 g/mol. The lowest BCUT2D eigenvalue weighted by Crippen LogP contribution is -2.39. The maximum absolute atomic E-state index is 11.1. The molecule has 0 aliphatic heterocycles. The van der Waals surface area contributed by atoms with Crippen molar-refractivity contribution in [1.29, 1.82) is 0 Å². The van der Waals surface area contributed by atoms with Crippen LogP contribution in [0.15, 0.2) is 0 Å². The Morgan fingerprint density at radius 3 is 2.77 bits per heavy atom. The number of methoxy groups -OCH3 is 1. The van der Waals surface area contributed by atoms with Gasteiger partial charge in [-0.2, -0.15) is 0 Å². The van der Waals surface area contributed by atoms with Crippen LogP contribution in [-0.4, -0.2) is 39.4 Å². The number of hydrogen-bond donors (Lipinski definition) is 1. The molecule has 4 heteroatoms. The number of likely N-dealkylation sites (N-methyl/N-ethyl adjacent to an activating group) is 1. The van der Waals surface area contributed by atoms with E-state index in [0.717, 1.165) is 12.5 Å². The average Bonchev–Trinajstić information content (AvgIpc) is 2.95. The maximum Gasteiger partial charge on any atom is 0.325 e. The van der Waals surface area contributed by atoms with Crippen molar-refractivity contribution in [2.45, 2.75) is 18.9 Å². The van der Waals surface area contributed by atoms with Gasteiger partial charge in [-0.15, -0.1) is 0 Å². The molecular formula is C9H17NO3. The molecule has 0 heterocycles. The van der Waals surface area contributed by atoms with E-state index in [1.54, 1.807) is 7.05 Å². The Morgan fingerprint density at radius 2 is 2.31 bits per heavy atom. The molecule has 0 saturated heterocycles. The highest BCUT2D eigenvalue weighted by atomic mass is 16.5. The van der Waals surface area contributed by atoms with Gasteiger partial charge in [-0.1, -0.05) is 0 Å². The highest BCUT2D eigenvalue weighted by Gasteiger charge is 2.23. The summed E-state index contributed by atoms with van der Waals surface area (Å²) in [7, 11) is 3.11. The van der Waals surface area contributed by atoms with Crippen molar-refractivity contribution in [3.05, 3.63) is 0 Å². The Hall–Kier alpha value is -0.610. The Labute approximate surface area is 78.6 Å². The predicted molar refractivity (Wildman–Crippen MR) is 48.4 cm³/mol. The maximum atomic E-state index is 11.1. The van der Waals surface area contributed by atoms with E-state index in [1.807, 2.05) is 0 Å². The molecule has 1 rings (SSSR count). The highest BCUT2D eigenvalue weighted by molar-refractivity contribution is 5.75. The lowest BCUT2D eigenvalue weighted by atomic mass is 10.3. The van der Waals surface area contributed by atoms with Crippen LogP contribution in [0.25, 0.3) is 0 Å². The van der Waals surface area contributed by atoms with Gasteiger partial charge in [0.2, 0.25) is 0 Å². The van der Waals surface area contributed by atoms with Crippen molar-refractivity contribution >= 4 is 5.97 Å². The SMILES string of the molecule is CNC(COCC1CC1)C(=O)OC. The number of carbonyl (C=O) groups excluding carboxylic acids is 1. The first kappa shape index (κ1) is 10.5. The second kappa shape index (κ2) is 5.19. The molecule has 0 amide bonds. The van der Waals surface area contributed by atoms with Gasteiger partial charge < -0.3 is 14.8 Å². The summed E-state index contributed by atoms with van der Waals surface area (Å²) < 4.78 is 9.97. The molecule has 1 atom stereocenters. The van der Waals surface area contributed by atoms with Crippen molar-refractivity contribution in [1.82, 2.24) is 5.32 Å². The number of ether oxygens (including phenoxy) is 2. The second-order valence-corrected chi connectivity index (χ2v) is 3.35. The van der Waals surface area contributed by atoms with Crippen LogP contribution >= 0.6 is 0 Å². The van der Waals surface area contributed by atoms with E-state index in [-0.39, 0.29) is 12.0 Å². The van der Waals surface area contributed by atoms with E-state index in [2.05, 4.69) is 10.1 Å². The van der Waals surface area contributed by atoms with E-state index in [1.165, 1.54) is 20.0 Å². The van der Waals surface area contributed by atoms with Crippen molar-refractivity contribution in [3.8, 4) is 0 Å². The first-order valence-electron chi connectivity index (χ1n) is 4.60. The fraction of sp³-hybridized carbons (Fsp3) is 0.889. The molecule has 4 nitrogen and oxygen atoms in total. The van der Waals surface area contributed by atoms with Gasteiger partial charge in [-0.25, -0.2) is 0 Å². The fourth-order valence-electron chi connectivity index (χ4n) is 1.05. The zero-order valence-electron chi connectivity index (χ0n) is 8.21. The minimum absolute atomic E-state index is 0.265. The van der Waals surface area contributed by atoms with Crippen LogP contribution in [0.3, 0.4) is 0 Å². The Kier molecular flexibility index (Phi) is 4.18. The minimum Gasteiger partial charge on any atom is -0.468 e. The lowest BCUT2D eigenvalue weighted by molar-refractivity contribution is -0.144. The van der Waals surface area contributed by atoms with Gasteiger partial charge in [0.15, 0.2) is 0 Å². The summed E-state index contributed by atoms with van der Waals surface area (Å²) in [5, 5.41) is 2.85. The first-order chi connectivity index (χ1) is 6.27. The second-order valence-electron chi connectivity index (χ2n) is 3.35. The molecule has 1 unspecified atom stereocenters. The number of carbonyl (C=O) groups is 1. The zero-order valence-corrected chi connectivity index (χ0v) is 8.21. The van der Waals surface area contributed by atoms with Crippen molar-refractivity contribution in [2.24, 2.45) is 5.92 Å². The van der Waals surface area contributed by atoms with Gasteiger partial charge in [-0.3, -0.25) is 4.79 Å². The molecule has 0 aromatic rings. The number of hydrogen-bond acceptors (Lipinski definition) is 4. The summed E-state index contributed by atoms with van der Waals surface area (Å²) in [6, 6.07) is -0.330. The van der Waals surface area contributed by atoms with E-state index in [4.69, 9.17) is 4.74 Å². The molecule has 1 saturated carbocycles. The molecule has 76 valence electrons. The van der Waals surface area contributed by atoms with Gasteiger partial charge in [0.05, 0.1) is 13.7 Å².